The number of hydrogen-bond donors (Lipinski definition) is 1. The standard InChI is InChI=1S/C29H34FN3O2S2/c1-20-18-26(36-2)27(28(31-20)37-3)32-29(34)33(22-10-6-4-5-7-11-22)19-21-14-16-23(17-15-21)35-25-13-9-8-12-24(25)30/h8-9,12-18,22H,4-7,10-11,19H2,1-3H3,(H,32,34). The minimum Gasteiger partial charge on any atom is -0.454 e. The number of pyridine rings is 1. The second-order valence-electron chi connectivity index (χ2n) is 9.23. The molecule has 196 valence electrons. The average molecular weight is 540 g/mol. The fourth-order valence-electron chi connectivity index (χ4n) is 4.67. The van der Waals surface area contributed by atoms with Gasteiger partial charge in [-0.2, -0.15) is 0 Å². The second kappa shape index (κ2) is 13.2. The van der Waals surface area contributed by atoms with E-state index in [1.807, 2.05) is 54.7 Å². The first-order valence-electron chi connectivity index (χ1n) is 12.7. The molecule has 0 spiro atoms. The number of thioether (sulfide) groups is 2. The number of aryl methyl sites for hydroxylation is 1. The number of rotatable bonds is 8. The number of aromatic nitrogens is 1. The van der Waals surface area contributed by atoms with Crippen LogP contribution in [-0.2, 0) is 6.54 Å². The highest BCUT2D eigenvalue weighted by atomic mass is 32.2. The molecule has 0 aliphatic heterocycles. The van der Waals surface area contributed by atoms with E-state index in [0.29, 0.717) is 12.3 Å². The number of halogens is 1. The molecule has 0 bridgehead atoms. The topological polar surface area (TPSA) is 54.5 Å². The highest BCUT2D eigenvalue weighted by Gasteiger charge is 2.26. The number of ether oxygens (including phenoxy) is 1. The molecular weight excluding hydrogens is 505 g/mol. The zero-order chi connectivity index (χ0) is 26.2. The predicted octanol–water partition coefficient (Wildman–Crippen LogP) is 8.52. The summed E-state index contributed by atoms with van der Waals surface area (Å²) in [6.07, 6.45) is 10.7. The molecule has 1 aliphatic rings. The molecule has 0 unspecified atom stereocenters. The molecule has 4 rings (SSSR count). The Morgan fingerprint density at radius 1 is 1.05 bits per heavy atom. The maximum Gasteiger partial charge on any atom is 0.322 e. The van der Waals surface area contributed by atoms with Crippen LogP contribution in [0.25, 0.3) is 0 Å². The van der Waals surface area contributed by atoms with Crippen molar-refractivity contribution in [2.24, 2.45) is 0 Å². The number of urea groups is 1. The number of carbonyl (C=O) groups is 1. The van der Waals surface area contributed by atoms with Gasteiger partial charge < -0.3 is 15.0 Å². The lowest BCUT2D eigenvalue weighted by Crippen LogP contribution is -2.42. The molecule has 37 heavy (non-hydrogen) atoms. The lowest BCUT2D eigenvalue weighted by atomic mass is 10.1. The van der Waals surface area contributed by atoms with Crippen LogP contribution in [0.5, 0.6) is 11.5 Å². The molecule has 8 heteroatoms. The maximum absolute atomic E-state index is 14.0. The summed E-state index contributed by atoms with van der Waals surface area (Å²) in [5.41, 5.74) is 2.71. The Labute approximate surface area is 227 Å². The lowest BCUT2D eigenvalue weighted by Gasteiger charge is -2.32. The van der Waals surface area contributed by atoms with E-state index < -0.39 is 5.82 Å². The number of hydrogen-bond acceptors (Lipinski definition) is 5. The first-order valence-corrected chi connectivity index (χ1v) is 15.1. The van der Waals surface area contributed by atoms with E-state index >= 15 is 0 Å². The summed E-state index contributed by atoms with van der Waals surface area (Å²) < 4.78 is 19.7. The molecular formula is C29H34FN3O2S2. The molecule has 2 amide bonds. The molecule has 0 atom stereocenters. The van der Waals surface area contributed by atoms with E-state index in [-0.39, 0.29) is 17.8 Å². The number of anilines is 1. The highest BCUT2D eigenvalue weighted by Crippen LogP contribution is 2.35. The van der Waals surface area contributed by atoms with Crippen LogP contribution in [0.2, 0.25) is 0 Å². The van der Waals surface area contributed by atoms with Crippen LogP contribution < -0.4 is 10.1 Å². The fourth-order valence-corrected chi connectivity index (χ4v) is 5.97. The van der Waals surface area contributed by atoms with Gasteiger partial charge in [-0.1, -0.05) is 49.9 Å². The summed E-state index contributed by atoms with van der Waals surface area (Å²) in [5.74, 6) is 0.345. The van der Waals surface area contributed by atoms with Crippen molar-refractivity contribution in [3.63, 3.8) is 0 Å². The molecule has 1 N–H and O–H groups in total. The first kappa shape index (κ1) is 27.3. The van der Waals surface area contributed by atoms with Crippen LogP contribution in [0.3, 0.4) is 0 Å². The summed E-state index contributed by atoms with van der Waals surface area (Å²) in [5, 5.41) is 4.04. The van der Waals surface area contributed by atoms with Crippen molar-refractivity contribution in [1.29, 1.82) is 0 Å². The molecule has 1 fully saturated rings. The van der Waals surface area contributed by atoms with Gasteiger partial charge in [0, 0.05) is 23.2 Å². The second-order valence-corrected chi connectivity index (χ2v) is 10.9. The van der Waals surface area contributed by atoms with Gasteiger partial charge >= 0.3 is 6.03 Å². The lowest BCUT2D eigenvalue weighted by molar-refractivity contribution is 0.175. The highest BCUT2D eigenvalue weighted by molar-refractivity contribution is 7.99. The van der Waals surface area contributed by atoms with Gasteiger partial charge in [0.2, 0.25) is 0 Å². The maximum atomic E-state index is 14.0. The van der Waals surface area contributed by atoms with E-state index in [1.54, 1.807) is 41.7 Å². The summed E-state index contributed by atoms with van der Waals surface area (Å²) in [4.78, 5) is 21.4. The third kappa shape index (κ3) is 7.20. The molecule has 5 nitrogen and oxygen atoms in total. The summed E-state index contributed by atoms with van der Waals surface area (Å²) in [6.45, 7) is 2.46. The van der Waals surface area contributed by atoms with E-state index in [9.17, 15) is 9.18 Å². The zero-order valence-electron chi connectivity index (χ0n) is 21.6. The minimum atomic E-state index is -0.400. The van der Waals surface area contributed by atoms with Gasteiger partial charge in [0.1, 0.15) is 10.8 Å². The Hall–Kier alpha value is -2.71. The van der Waals surface area contributed by atoms with Crippen LogP contribution in [0.15, 0.2) is 64.5 Å². The molecule has 0 radical (unpaired) electrons. The van der Waals surface area contributed by atoms with Crippen LogP contribution >= 0.6 is 23.5 Å². The van der Waals surface area contributed by atoms with E-state index in [2.05, 4.69) is 10.3 Å². The Morgan fingerprint density at radius 2 is 1.76 bits per heavy atom. The molecule has 3 aromatic rings. The van der Waals surface area contributed by atoms with Crippen molar-refractivity contribution in [3.05, 3.63) is 71.7 Å². The average Bonchev–Trinajstić information content (AvgIpc) is 3.19. The monoisotopic (exact) mass is 539 g/mol. The third-order valence-corrected chi connectivity index (χ3v) is 8.03. The molecule has 1 saturated carbocycles. The van der Waals surface area contributed by atoms with E-state index in [1.165, 1.54) is 18.9 Å². The number of carbonyl (C=O) groups excluding carboxylic acids is 1. The van der Waals surface area contributed by atoms with Crippen molar-refractivity contribution in [3.8, 4) is 11.5 Å². The number of amides is 2. The molecule has 1 heterocycles. The molecule has 1 aromatic heterocycles. The number of nitrogens with one attached hydrogen (secondary N) is 1. The smallest absolute Gasteiger partial charge is 0.322 e. The van der Waals surface area contributed by atoms with Gasteiger partial charge in [-0.3, -0.25) is 0 Å². The van der Waals surface area contributed by atoms with Crippen molar-refractivity contribution in [2.75, 3.05) is 17.8 Å². The van der Waals surface area contributed by atoms with Crippen molar-refractivity contribution >= 4 is 35.2 Å². The van der Waals surface area contributed by atoms with Crippen molar-refractivity contribution in [2.45, 2.75) is 68.0 Å². The van der Waals surface area contributed by atoms with Gasteiger partial charge in [-0.25, -0.2) is 14.2 Å². The van der Waals surface area contributed by atoms with Crippen molar-refractivity contribution < 1.29 is 13.9 Å². The summed E-state index contributed by atoms with van der Waals surface area (Å²) in [7, 11) is 0. The van der Waals surface area contributed by atoms with Crippen LogP contribution in [-0.4, -0.2) is 34.5 Å². The third-order valence-electron chi connectivity index (χ3n) is 6.59. The predicted molar refractivity (Wildman–Crippen MR) is 152 cm³/mol. The Bertz CT molecular complexity index is 1170. The number of nitrogens with zero attached hydrogens (tertiary/aromatic N) is 2. The van der Waals surface area contributed by atoms with Crippen LogP contribution in [0, 0.1) is 12.7 Å². The minimum absolute atomic E-state index is 0.102. The zero-order valence-corrected chi connectivity index (χ0v) is 23.3. The Kier molecular flexibility index (Phi) is 9.75. The van der Waals surface area contributed by atoms with Gasteiger partial charge in [-0.05, 0) is 68.2 Å². The van der Waals surface area contributed by atoms with Crippen molar-refractivity contribution in [1.82, 2.24) is 9.88 Å². The van der Waals surface area contributed by atoms with Gasteiger partial charge in [0.25, 0.3) is 0 Å². The number of para-hydroxylation sites is 1. The SMILES string of the molecule is CSc1cc(C)nc(SC)c1NC(=O)N(Cc1ccc(Oc2ccccc2F)cc1)C1CCCCCC1. The van der Waals surface area contributed by atoms with Gasteiger partial charge in [0.15, 0.2) is 11.6 Å². The summed E-state index contributed by atoms with van der Waals surface area (Å²) in [6, 6.07) is 16.0. The fraction of sp³-hybridized carbons (Fsp3) is 0.379. The molecule has 2 aromatic carbocycles. The van der Waals surface area contributed by atoms with E-state index in [0.717, 1.165) is 52.5 Å². The largest absolute Gasteiger partial charge is 0.454 e. The van der Waals surface area contributed by atoms with Gasteiger partial charge in [0.05, 0.1) is 5.69 Å². The van der Waals surface area contributed by atoms with Crippen LogP contribution in [0.4, 0.5) is 14.9 Å². The van der Waals surface area contributed by atoms with Crippen LogP contribution in [0.1, 0.15) is 49.8 Å². The quantitative estimate of drug-likeness (QED) is 0.230. The normalized spacial score (nSPS) is 14.2. The van der Waals surface area contributed by atoms with Gasteiger partial charge in [-0.15, -0.1) is 23.5 Å². The Morgan fingerprint density at radius 3 is 2.41 bits per heavy atom. The number of benzene rings is 2. The first-order chi connectivity index (χ1) is 18.0. The summed E-state index contributed by atoms with van der Waals surface area (Å²) >= 11 is 3.15. The molecule has 0 saturated heterocycles. The van der Waals surface area contributed by atoms with E-state index in [4.69, 9.17) is 4.74 Å². The Balaban J connectivity index is 1.56. The molecule has 1 aliphatic carbocycles.